The van der Waals surface area contributed by atoms with Crippen molar-refractivity contribution in [3.8, 4) is 5.75 Å². The number of nitrogens with one attached hydrogen (secondary N) is 2. The number of nitrogens with two attached hydrogens (primary N) is 1. The Kier molecular flexibility index (Phi) is 5.15. The first-order valence-electron chi connectivity index (χ1n) is 5.25. The number of ether oxygens (including phenoxy) is 1. The number of urea groups is 1. The molecule has 1 aromatic carbocycles. The SMILES string of the molecule is NC(=O)CNC(=O)Nc1cccc(OCC(=O)O)c1. The molecule has 0 bridgehead atoms. The minimum absolute atomic E-state index is 0.277. The second-order valence-electron chi connectivity index (χ2n) is 3.48. The van der Waals surface area contributed by atoms with Gasteiger partial charge in [-0.15, -0.1) is 0 Å². The second-order valence-corrected chi connectivity index (χ2v) is 3.48. The number of hydrogen-bond acceptors (Lipinski definition) is 4. The van der Waals surface area contributed by atoms with Gasteiger partial charge in [-0.3, -0.25) is 4.79 Å². The van der Waals surface area contributed by atoms with Gasteiger partial charge in [-0.2, -0.15) is 0 Å². The summed E-state index contributed by atoms with van der Waals surface area (Å²) in [6.07, 6.45) is 0. The van der Waals surface area contributed by atoms with Crippen LogP contribution in [0.2, 0.25) is 0 Å². The molecule has 0 spiro atoms. The molecule has 102 valence electrons. The quantitative estimate of drug-likeness (QED) is 0.564. The largest absolute Gasteiger partial charge is 0.482 e. The van der Waals surface area contributed by atoms with Crippen LogP contribution in [0.15, 0.2) is 24.3 Å². The lowest BCUT2D eigenvalue weighted by Crippen LogP contribution is -2.36. The smallest absolute Gasteiger partial charge is 0.341 e. The predicted molar refractivity (Wildman–Crippen MR) is 65.8 cm³/mol. The van der Waals surface area contributed by atoms with Crippen molar-refractivity contribution >= 4 is 23.6 Å². The maximum Gasteiger partial charge on any atom is 0.341 e. The van der Waals surface area contributed by atoms with Crippen molar-refractivity contribution in [2.24, 2.45) is 5.73 Å². The number of carbonyl (C=O) groups excluding carboxylic acids is 2. The number of amides is 3. The van der Waals surface area contributed by atoms with E-state index in [1.807, 2.05) is 0 Å². The van der Waals surface area contributed by atoms with Gasteiger partial charge in [0.15, 0.2) is 6.61 Å². The first-order valence-corrected chi connectivity index (χ1v) is 5.25. The summed E-state index contributed by atoms with van der Waals surface area (Å²) in [4.78, 5) is 32.1. The maximum atomic E-state index is 11.3. The predicted octanol–water partition coefficient (Wildman–Crippen LogP) is -0.243. The number of carboxylic acids is 1. The monoisotopic (exact) mass is 267 g/mol. The minimum atomic E-state index is -1.10. The van der Waals surface area contributed by atoms with Crippen molar-refractivity contribution in [2.45, 2.75) is 0 Å². The van der Waals surface area contributed by atoms with E-state index in [0.29, 0.717) is 11.4 Å². The van der Waals surface area contributed by atoms with E-state index in [2.05, 4.69) is 10.6 Å². The Morgan fingerprint density at radius 1 is 1.32 bits per heavy atom. The van der Waals surface area contributed by atoms with Crippen molar-refractivity contribution in [3.63, 3.8) is 0 Å². The van der Waals surface area contributed by atoms with Crippen LogP contribution >= 0.6 is 0 Å². The number of carboxylic acid groups (broad SMARTS) is 1. The van der Waals surface area contributed by atoms with E-state index in [1.54, 1.807) is 18.2 Å². The van der Waals surface area contributed by atoms with Gasteiger partial charge in [0.05, 0.1) is 6.54 Å². The highest BCUT2D eigenvalue weighted by Gasteiger charge is 2.04. The van der Waals surface area contributed by atoms with E-state index in [9.17, 15) is 14.4 Å². The molecule has 5 N–H and O–H groups in total. The van der Waals surface area contributed by atoms with Crippen LogP contribution in [0.5, 0.6) is 5.75 Å². The summed E-state index contributed by atoms with van der Waals surface area (Å²) in [6, 6.07) is 5.56. The third-order valence-electron chi connectivity index (χ3n) is 1.88. The molecule has 0 aromatic heterocycles. The molecule has 0 aliphatic rings. The van der Waals surface area contributed by atoms with Gasteiger partial charge in [0.2, 0.25) is 5.91 Å². The highest BCUT2D eigenvalue weighted by atomic mass is 16.5. The van der Waals surface area contributed by atoms with Crippen LogP contribution in [0.1, 0.15) is 0 Å². The van der Waals surface area contributed by atoms with E-state index in [0.717, 1.165) is 0 Å². The van der Waals surface area contributed by atoms with Crippen LogP contribution in [0.3, 0.4) is 0 Å². The van der Waals surface area contributed by atoms with E-state index in [1.165, 1.54) is 6.07 Å². The van der Waals surface area contributed by atoms with Gasteiger partial charge in [0, 0.05) is 11.8 Å². The summed E-state index contributed by atoms with van der Waals surface area (Å²) in [5, 5.41) is 13.1. The van der Waals surface area contributed by atoms with Crippen LogP contribution in [0.4, 0.5) is 10.5 Å². The number of rotatable bonds is 6. The molecule has 0 fully saturated rings. The molecule has 0 radical (unpaired) electrons. The number of aliphatic carboxylic acids is 1. The molecule has 8 heteroatoms. The summed E-state index contributed by atoms with van der Waals surface area (Å²) < 4.78 is 4.94. The third-order valence-corrected chi connectivity index (χ3v) is 1.88. The molecule has 0 aliphatic carbocycles. The molecule has 3 amide bonds. The molecular formula is C11H13N3O5. The Bertz CT molecular complexity index is 489. The van der Waals surface area contributed by atoms with Crippen molar-refractivity contribution in [1.29, 1.82) is 0 Å². The number of carbonyl (C=O) groups is 3. The van der Waals surface area contributed by atoms with Gasteiger partial charge in [0.25, 0.3) is 0 Å². The second kappa shape index (κ2) is 6.84. The number of anilines is 1. The van der Waals surface area contributed by atoms with E-state index in [4.69, 9.17) is 15.6 Å². The molecular weight excluding hydrogens is 254 g/mol. The summed E-state index contributed by atoms with van der Waals surface area (Å²) in [5.74, 6) is -1.46. The first-order chi connectivity index (χ1) is 8.97. The molecule has 0 aliphatic heterocycles. The van der Waals surface area contributed by atoms with Gasteiger partial charge in [-0.05, 0) is 12.1 Å². The molecule has 1 rings (SSSR count). The third kappa shape index (κ3) is 5.91. The summed E-state index contributed by atoms with van der Waals surface area (Å²) in [7, 11) is 0. The molecule has 0 heterocycles. The van der Waals surface area contributed by atoms with Gasteiger partial charge in [-0.25, -0.2) is 9.59 Å². The lowest BCUT2D eigenvalue weighted by molar-refractivity contribution is -0.139. The lowest BCUT2D eigenvalue weighted by Gasteiger charge is -2.08. The van der Waals surface area contributed by atoms with E-state index in [-0.39, 0.29) is 6.54 Å². The molecule has 8 nitrogen and oxygen atoms in total. The van der Waals surface area contributed by atoms with Crippen LogP contribution in [0, 0.1) is 0 Å². The summed E-state index contributed by atoms with van der Waals surface area (Å²) >= 11 is 0. The van der Waals surface area contributed by atoms with Crippen LogP contribution in [-0.4, -0.2) is 36.2 Å². The van der Waals surface area contributed by atoms with E-state index < -0.39 is 24.5 Å². The van der Waals surface area contributed by atoms with Crippen molar-refractivity contribution in [3.05, 3.63) is 24.3 Å². The Labute approximate surface area is 108 Å². The first kappa shape index (κ1) is 14.3. The fourth-order valence-corrected chi connectivity index (χ4v) is 1.15. The Morgan fingerprint density at radius 2 is 2.05 bits per heavy atom. The molecule has 19 heavy (non-hydrogen) atoms. The molecule has 0 saturated carbocycles. The molecule has 0 unspecified atom stereocenters. The summed E-state index contributed by atoms with van der Waals surface area (Å²) in [6.45, 7) is -0.752. The average Bonchev–Trinajstić information content (AvgIpc) is 2.34. The van der Waals surface area contributed by atoms with Crippen molar-refractivity contribution in [2.75, 3.05) is 18.5 Å². The fraction of sp³-hybridized carbons (Fsp3) is 0.182. The fourth-order valence-electron chi connectivity index (χ4n) is 1.15. The topological polar surface area (TPSA) is 131 Å². The average molecular weight is 267 g/mol. The lowest BCUT2D eigenvalue weighted by atomic mass is 10.3. The zero-order chi connectivity index (χ0) is 14.3. The Hall–Kier alpha value is -2.77. The standard InChI is InChI=1S/C11H13N3O5/c12-9(15)5-13-11(18)14-7-2-1-3-8(4-7)19-6-10(16)17/h1-4H,5-6H2,(H2,12,15)(H,16,17)(H2,13,14,18). The maximum absolute atomic E-state index is 11.3. The Balaban J connectivity index is 2.54. The number of hydrogen-bond donors (Lipinski definition) is 4. The highest BCUT2D eigenvalue weighted by molar-refractivity contribution is 5.92. The van der Waals surface area contributed by atoms with Crippen LogP contribution in [0.25, 0.3) is 0 Å². The minimum Gasteiger partial charge on any atom is -0.482 e. The van der Waals surface area contributed by atoms with Gasteiger partial charge in [0.1, 0.15) is 5.75 Å². The van der Waals surface area contributed by atoms with Crippen molar-refractivity contribution in [1.82, 2.24) is 5.32 Å². The number of benzene rings is 1. The molecule has 0 saturated heterocycles. The van der Waals surface area contributed by atoms with Crippen LogP contribution < -0.4 is 21.1 Å². The zero-order valence-corrected chi connectivity index (χ0v) is 9.88. The zero-order valence-electron chi connectivity index (χ0n) is 9.88. The van der Waals surface area contributed by atoms with Gasteiger partial charge >= 0.3 is 12.0 Å². The van der Waals surface area contributed by atoms with Gasteiger partial charge < -0.3 is 26.2 Å². The molecule has 0 atom stereocenters. The van der Waals surface area contributed by atoms with Crippen LogP contribution in [-0.2, 0) is 9.59 Å². The Morgan fingerprint density at radius 3 is 2.68 bits per heavy atom. The normalized spacial score (nSPS) is 9.47. The number of primary amides is 1. The summed E-state index contributed by atoms with van der Waals surface area (Å²) in [5.41, 5.74) is 5.26. The molecule has 1 aromatic rings. The van der Waals surface area contributed by atoms with E-state index >= 15 is 0 Å². The highest BCUT2D eigenvalue weighted by Crippen LogP contribution is 2.17. The van der Waals surface area contributed by atoms with Crippen molar-refractivity contribution < 1.29 is 24.2 Å². The van der Waals surface area contributed by atoms with Gasteiger partial charge in [-0.1, -0.05) is 6.07 Å².